The maximum Gasteiger partial charge on any atom is 0.434 e. The van der Waals surface area contributed by atoms with Gasteiger partial charge in [0.05, 0.1) is 30.7 Å². The first-order valence-electron chi connectivity index (χ1n) is 11.7. The van der Waals surface area contributed by atoms with Gasteiger partial charge in [-0.1, -0.05) is 13.8 Å². The predicted octanol–water partition coefficient (Wildman–Crippen LogP) is 5.52. The van der Waals surface area contributed by atoms with E-state index < -0.39 is 11.9 Å². The Balaban J connectivity index is 1.46. The van der Waals surface area contributed by atoms with Crippen LogP contribution in [0.2, 0.25) is 0 Å². The van der Waals surface area contributed by atoms with Gasteiger partial charge in [0.25, 0.3) is 6.01 Å². The molecule has 4 heterocycles. The lowest BCUT2D eigenvalue weighted by molar-refractivity contribution is -0.140. The number of nitrogens with zero attached hydrogens (tertiary/aromatic N) is 6. The lowest BCUT2D eigenvalue weighted by Gasteiger charge is -2.31. The summed E-state index contributed by atoms with van der Waals surface area (Å²) < 4.78 is 48.3. The van der Waals surface area contributed by atoms with Gasteiger partial charge in [0, 0.05) is 49.3 Å². The highest BCUT2D eigenvalue weighted by atomic mass is 19.4. The van der Waals surface area contributed by atoms with E-state index in [2.05, 4.69) is 33.3 Å². The monoisotopic (exact) mass is 496 g/mol. The maximum atomic E-state index is 13.1. The molecule has 36 heavy (non-hydrogen) atoms. The summed E-state index contributed by atoms with van der Waals surface area (Å²) >= 11 is 0. The molecule has 0 aliphatic carbocycles. The third kappa shape index (κ3) is 4.20. The van der Waals surface area contributed by atoms with Crippen molar-refractivity contribution >= 4 is 5.69 Å². The van der Waals surface area contributed by atoms with Gasteiger partial charge in [0.15, 0.2) is 5.69 Å². The first-order valence-corrected chi connectivity index (χ1v) is 11.7. The van der Waals surface area contributed by atoms with Gasteiger partial charge in [0.2, 0.25) is 0 Å². The molecule has 0 fully saturated rings. The number of methoxy groups -OCH3 is 1. The molecule has 5 rings (SSSR count). The summed E-state index contributed by atoms with van der Waals surface area (Å²) in [4.78, 5) is 15.4. The van der Waals surface area contributed by atoms with Crippen molar-refractivity contribution in [2.75, 3.05) is 18.6 Å². The number of halogens is 3. The average molecular weight is 497 g/mol. The van der Waals surface area contributed by atoms with Gasteiger partial charge >= 0.3 is 6.18 Å². The van der Waals surface area contributed by atoms with Gasteiger partial charge in [-0.25, -0.2) is 4.98 Å². The lowest BCUT2D eigenvalue weighted by atomic mass is 10.00. The molecule has 0 atom stereocenters. The molecule has 0 unspecified atom stereocenters. The van der Waals surface area contributed by atoms with Crippen molar-refractivity contribution < 1.29 is 17.9 Å². The summed E-state index contributed by atoms with van der Waals surface area (Å²) in [5.41, 5.74) is 4.57. The second kappa shape index (κ2) is 9.00. The molecule has 0 N–H and O–H groups in total. The number of fused-ring (bicyclic) bond motifs is 1. The summed E-state index contributed by atoms with van der Waals surface area (Å²) in [6.45, 7) is 6.26. The first-order chi connectivity index (χ1) is 17.2. The Morgan fingerprint density at radius 2 is 1.78 bits per heavy atom. The Kier molecular flexibility index (Phi) is 5.97. The van der Waals surface area contributed by atoms with E-state index in [-0.39, 0.29) is 11.7 Å². The zero-order chi connectivity index (χ0) is 25.6. The van der Waals surface area contributed by atoms with E-state index in [4.69, 9.17) is 9.72 Å². The van der Waals surface area contributed by atoms with Gasteiger partial charge < -0.3 is 14.2 Å². The summed E-state index contributed by atoms with van der Waals surface area (Å²) in [6.07, 6.45) is -1.67. The van der Waals surface area contributed by atoms with Crippen molar-refractivity contribution in [1.29, 1.82) is 0 Å². The van der Waals surface area contributed by atoms with Crippen LogP contribution in [0.25, 0.3) is 22.6 Å². The maximum absolute atomic E-state index is 13.1. The van der Waals surface area contributed by atoms with Crippen LogP contribution < -0.4 is 9.64 Å². The number of hydrogen-bond acceptors (Lipinski definition) is 5. The molecular formula is C26H27F3N6O. The number of anilines is 1. The molecule has 4 aromatic rings. The Labute approximate surface area is 207 Å². The van der Waals surface area contributed by atoms with E-state index in [1.807, 2.05) is 36.4 Å². The molecule has 1 aliphatic heterocycles. The molecule has 0 spiro atoms. The number of alkyl halides is 3. The number of hydrogen-bond donors (Lipinski definition) is 0. The van der Waals surface area contributed by atoms with E-state index in [9.17, 15) is 13.2 Å². The van der Waals surface area contributed by atoms with E-state index in [0.29, 0.717) is 24.7 Å². The highest BCUT2D eigenvalue weighted by molar-refractivity contribution is 5.68. The number of aromatic nitrogens is 5. The standard InChI is InChI=1S/C26H27F3N6O/c1-16(2)22-19(6-5-11-30-22)23-20-14-34(12-13-35(20)25(32-23)36-4)18-9-7-17(8-10-18)24-31-21(15-33(24)3)26(27,28)29/h5-11,15-16H,12-14H2,1-4H3. The molecule has 1 aliphatic rings. The van der Waals surface area contributed by atoms with Gasteiger partial charge in [0.1, 0.15) is 5.82 Å². The van der Waals surface area contributed by atoms with Crippen LogP contribution in [0.3, 0.4) is 0 Å². The molecule has 0 saturated carbocycles. The molecule has 10 heteroatoms. The molecule has 0 radical (unpaired) electrons. The third-order valence-corrected chi connectivity index (χ3v) is 6.45. The van der Waals surface area contributed by atoms with Crippen molar-refractivity contribution in [3.8, 4) is 28.7 Å². The Hall–Kier alpha value is -3.82. The van der Waals surface area contributed by atoms with Crippen LogP contribution in [0, 0.1) is 0 Å². The fourth-order valence-electron chi connectivity index (χ4n) is 4.70. The van der Waals surface area contributed by atoms with Crippen LogP contribution in [0.4, 0.5) is 18.9 Å². The van der Waals surface area contributed by atoms with E-state index >= 15 is 0 Å². The summed E-state index contributed by atoms with van der Waals surface area (Å²) in [5.74, 6) is 0.510. The van der Waals surface area contributed by atoms with Crippen LogP contribution in [-0.4, -0.2) is 37.7 Å². The molecule has 1 aromatic carbocycles. The molecule has 0 saturated heterocycles. The van der Waals surface area contributed by atoms with Gasteiger partial charge in [-0.15, -0.1) is 0 Å². The molecular weight excluding hydrogens is 469 g/mol. The third-order valence-electron chi connectivity index (χ3n) is 6.45. The smallest absolute Gasteiger partial charge is 0.434 e. The zero-order valence-electron chi connectivity index (χ0n) is 20.5. The van der Waals surface area contributed by atoms with Crippen LogP contribution in [0.15, 0.2) is 48.8 Å². The summed E-state index contributed by atoms with van der Waals surface area (Å²) in [6, 6.07) is 12.0. The number of imidazole rings is 2. The van der Waals surface area contributed by atoms with Crippen molar-refractivity contribution in [1.82, 2.24) is 24.1 Å². The summed E-state index contributed by atoms with van der Waals surface area (Å²) in [7, 11) is 3.19. The van der Waals surface area contributed by atoms with Crippen LogP contribution in [-0.2, 0) is 26.3 Å². The van der Waals surface area contributed by atoms with Crippen LogP contribution in [0.1, 0.15) is 36.8 Å². The number of aryl methyl sites for hydroxylation is 1. The second-order valence-corrected chi connectivity index (χ2v) is 9.16. The van der Waals surface area contributed by atoms with Gasteiger partial charge in [-0.2, -0.15) is 18.2 Å². The Bertz CT molecular complexity index is 1390. The van der Waals surface area contributed by atoms with Gasteiger partial charge in [-0.05, 0) is 42.3 Å². The molecule has 3 aromatic heterocycles. The van der Waals surface area contributed by atoms with Gasteiger partial charge in [-0.3, -0.25) is 9.55 Å². The largest absolute Gasteiger partial charge is 0.468 e. The SMILES string of the molecule is COc1nc(-c2cccnc2C(C)C)c2n1CCN(c1ccc(-c3nc(C(F)(F)F)cn3C)cc1)C2. The molecule has 7 nitrogen and oxygen atoms in total. The fraction of sp³-hybridized carbons (Fsp3) is 0.346. The normalized spacial score (nSPS) is 13.8. The molecule has 0 amide bonds. The predicted molar refractivity (Wildman–Crippen MR) is 131 cm³/mol. The number of rotatable bonds is 5. The quantitative estimate of drug-likeness (QED) is 0.364. The minimum Gasteiger partial charge on any atom is -0.468 e. The van der Waals surface area contributed by atoms with Crippen LogP contribution >= 0.6 is 0 Å². The zero-order valence-corrected chi connectivity index (χ0v) is 20.5. The number of pyridine rings is 1. The minimum absolute atomic E-state index is 0.237. The Morgan fingerprint density at radius 3 is 2.42 bits per heavy atom. The van der Waals surface area contributed by atoms with E-state index in [1.54, 1.807) is 20.4 Å². The Morgan fingerprint density at radius 1 is 1.03 bits per heavy atom. The van der Waals surface area contributed by atoms with E-state index in [0.717, 1.165) is 41.1 Å². The topological polar surface area (TPSA) is 61.0 Å². The first kappa shape index (κ1) is 23.9. The second-order valence-electron chi connectivity index (χ2n) is 9.16. The highest BCUT2D eigenvalue weighted by Gasteiger charge is 2.34. The summed E-state index contributed by atoms with van der Waals surface area (Å²) in [5, 5.41) is 0. The number of ether oxygens (including phenoxy) is 1. The van der Waals surface area contributed by atoms with Crippen molar-refractivity contribution in [3.05, 3.63) is 65.9 Å². The fourth-order valence-corrected chi connectivity index (χ4v) is 4.70. The van der Waals surface area contributed by atoms with Crippen molar-refractivity contribution in [3.63, 3.8) is 0 Å². The highest BCUT2D eigenvalue weighted by Crippen LogP contribution is 2.36. The van der Waals surface area contributed by atoms with Crippen LogP contribution in [0.5, 0.6) is 6.01 Å². The van der Waals surface area contributed by atoms with Crippen molar-refractivity contribution in [2.45, 2.75) is 39.0 Å². The number of benzene rings is 1. The van der Waals surface area contributed by atoms with Crippen molar-refractivity contribution in [2.24, 2.45) is 7.05 Å². The minimum atomic E-state index is -4.48. The molecule has 188 valence electrons. The lowest BCUT2D eigenvalue weighted by Crippen LogP contribution is -2.33. The average Bonchev–Trinajstić information content (AvgIpc) is 3.44. The van der Waals surface area contributed by atoms with E-state index in [1.165, 1.54) is 4.57 Å². The molecule has 0 bridgehead atoms.